The Morgan fingerprint density at radius 1 is 1.04 bits per heavy atom. The zero-order chi connectivity index (χ0) is 15.6. The third kappa shape index (κ3) is 2.78. The molecule has 0 aliphatic rings. The highest BCUT2D eigenvalue weighted by atomic mass is 32.1. The van der Waals surface area contributed by atoms with Crippen molar-refractivity contribution in [1.29, 1.82) is 0 Å². The summed E-state index contributed by atoms with van der Waals surface area (Å²) in [5.74, 6) is 0. The normalized spacial score (nSPS) is 11.5. The minimum atomic E-state index is 0.658. The van der Waals surface area contributed by atoms with E-state index >= 15 is 0 Å². The number of para-hydroxylation sites is 1. The largest absolute Gasteiger partial charge is 0.361 e. The predicted octanol–water partition coefficient (Wildman–Crippen LogP) is 4.75. The number of hydrogen-bond acceptors (Lipinski definition) is 4. The first kappa shape index (κ1) is 13.8. The summed E-state index contributed by atoms with van der Waals surface area (Å²) in [7, 11) is 0. The lowest BCUT2D eigenvalue weighted by Crippen LogP contribution is -1.77. The molecule has 2 heterocycles. The number of aliphatic imine (C=N–C) groups is 1. The van der Waals surface area contributed by atoms with Crippen LogP contribution in [0.4, 0.5) is 5.13 Å². The van der Waals surface area contributed by atoms with Crippen molar-refractivity contribution in [3.8, 4) is 10.6 Å². The maximum absolute atomic E-state index is 4.46. The molecule has 0 saturated carbocycles. The first-order valence-corrected chi connectivity index (χ1v) is 8.12. The molecule has 0 bridgehead atoms. The molecule has 0 atom stereocenters. The second-order valence-electron chi connectivity index (χ2n) is 5.30. The highest BCUT2D eigenvalue weighted by molar-refractivity contribution is 7.18. The van der Waals surface area contributed by atoms with Gasteiger partial charge in [-0.3, -0.25) is 0 Å². The topological polar surface area (TPSA) is 53.9 Å². The standard InChI is InChI=1S/C18H14N4S/c1-12-6-8-13(9-7-12)17-21-22-18(23-17)20-11-14-10-19-16-5-3-2-4-15(14)16/h2-11,19H,1H3. The third-order valence-corrected chi connectivity index (χ3v) is 4.53. The van der Waals surface area contributed by atoms with Gasteiger partial charge in [0.05, 0.1) is 0 Å². The quantitative estimate of drug-likeness (QED) is 0.554. The monoisotopic (exact) mass is 318 g/mol. The molecule has 0 saturated heterocycles. The molecule has 2 aromatic carbocycles. The van der Waals surface area contributed by atoms with Crippen LogP contribution in [0.2, 0.25) is 0 Å². The van der Waals surface area contributed by atoms with Crippen molar-refractivity contribution >= 4 is 33.6 Å². The second kappa shape index (κ2) is 5.78. The number of nitrogens with one attached hydrogen (secondary N) is 1. The van der Waals surface area contributed by atoms with E-state index in [9.17, 15) is 0 Å². The highest BCUT2D eigenvalue weighted by Gasteiger charge is 2.06. The molecule has 4 rings (SSSR count). The highest BCUT2D eigenvalue weighted by Crippen LogP contribution is 2.28. The van der Waals surface area contributed by atoms with Gasteiger partial charge in [0, 0.05) is 34.4 Å². The fraction of sp³-hybridized carbons (Fsp3) is 0.0556. The Morgan fingerprint density at radius 3 is 2.74 bits per heavy atom. The molecule has 0 fully saturated rings. The van der Waals surface area contributed by atoms with Crippen LogP contribution >= 0.6 is 11.3 Å². The number of nitrogens with zero attached hydrogens (tertiary/aromatic N) is 3. The minimum absolute atomic E-state index is 0.658. The minimum Gasteiger partial charge on any atom is -0.361 e. The number of aromatic amines is 1. The summed E-state index contributed by atoms with van der Waals surface area (Å²) in [5.41, 5.74) is 4.46. The summed E-state index contributed by atoms with van der Waals surface area (Å²) in [5, 5.41) is 11.1. The Hall–Kier alpha value is -2.79. The lowest BCUT2D eigenvalue weighted by molar-refractivity contribution is 1.09. The number of aromatic nitrogens is 3. The molecular formula is C18H14N4S. The summed E-state index contributed by atoms with van der Waals surface area (Å²) in [4.78, 5) is 7.70. The van der Waals surface area contributed by atoms with Crippen LogP contribution in [0.25, 0.3) is 21.5 Å². The molecular weight excluding hydrogens is 304 g/mol. The van der Waals surface area contributed by atoms with Crippen LogP contribution in [0, 0.1) is 6.92 Å². The van der Waals surface area contributed by atoms with E-state index in [1.54, 1.807) is 0 Å². The maximum Gasteiger partial charge on any atom is 0.231 e. The predicted molar refractivity (Wildman–Crippen MR) is 95.6 cm³/mol. The van der Waals surface area contributed by atoms with Crippen molar-refractivity contribution in [2.24, 2.45) is 4.99 Å². The average Bonchev–Trinajstić information content (AvgIpc) is 3.20. The Balaban J connectivity index is 1.61. The smallest absolute Gasteiger partial charge is 0.231 e. The lowest BCUT2D eigenvalue weighted by atomic mass is 10.2. The van der Waals surface area contributed by atoms with E-state index in [1.165, 1.54) is 16.9 Å². The zero-order valence-corrected chi connectivity index (χ0v) is 13.3. The van der Waals surface area contributed by atoms with Gasteiger partial charge < -0.3 is 4.98 Å². The number of benzene rings is 2. The van der Waals surface area contributed by atoms with Crippen LogP contribution in [0.1, 0.15) is 11.1 Å². The van der Waals surface area contributed by atoms with Gasteiger partial charge in [-0.05, 0) is 13.0 Å². The van der Waals surface area contributed by atoms with Crippen molar-refractivity contribution in [1.82, 2.24) is 15.2 Å². The molecule has 0 aliphatic heterocycles. The van der Waals surface area contributed by atoms with Crippen molar-refractivity contribution in [2.45, 2.75) is 6.92 Å². The fourth-order valence-corrected chi connectivity index (χ4v) is 3.10. The number of rotatable bonds is 3. The molecule has 0 unspecified atom stereocenters. The molecule has 2 aromatic heterocycles. The SMILES string of the molecule is Cc1ccc(-c2nnc(N=Cc3c[nH]c4ccccc34)s2)cc1. The van der Waals surface area contributed by atoms with Crippen LogP contribution in [-0.4, -0.2) is 21.4 Å². The molecule has 0 amide bonds. The van der Waals surface area contributed by atoms with E-state index in [1.807, 2.05) is 30.6 Å². The van der Waals surface area contributed by atoms with E-state index in [0.29, 0.717) is 5.13 Å². The molecule has 4 aromatic rings. The summed E-state index contributed by atoms with van der Waals surface area (Å²) in [6.45, 7) is 2.07. The molecule has 1 N–H and O–H groups in total. The maximum atomic E-state index is 4.46. The molecule has 0 aliphatic carbocycles. The van der Waals surface area contributed by atoms with Gasteiger partial charge >= 0.3 is 0 Å². The molecule has 0 spiro atoms. The van der Waals surface area contributed by atoms with Gasteiger partial charge in [-0.25, -0.2) is 4.99 Å². The first-order valence-electron chi connectivity index (χ1n) is 7.30. The van der Waals surface area contributed by atoms with Crippen molar-refractivity contribution < 1.29 is 0 Å². The van der Waals surface area contributed by atoms with E-state index in [4.69, 9.17) is 0 Å². The Kier molecular flexibility index (Phi) is 3.48. The third-order valence-electron chi connectivity index (χ3n) is 3.65. The van der Waals surface area contributed by atoms with Crippen LogP contribution in [0.3, 0.4) is 0 Å². The Labute approximate surface area is 137 Å². The summed E-state index contributed by atoms with van der Waals surface area (Å²) < 4.78 is 0. The molecule has 5 heteroatoms. The van der Waals surface area contributed by atoms with Gasteiger partial charge in [0.15, 0.2) is 0 Å². The second-order valence-corrected chi connectivity index (χ2v) is 6.26. The van der Waals surface area contributed by atoms with Crippen LogP contribution < -0.4 is 0 Å². The van der Waals surface area contributed by atoms with Gasteiger partial charge in [-0.2, -0.15) is 0 Å². The van der Waals surface area contributed by atoms with Crippen molar-refractivity contribution in [3.63, 3.8) is 0 Å². The van der Waals surface area contributed by atoms with Crippen LogP contribution in [0.5, 0.6) is 0 Å². The molecule has 4 nitrogen and oxygen atoms in total. The number of hydrogen-bond donors (Lipinski definition) is 1. The number of fused-ring (bicyclic) bond motifs is 1. The number of H-pyrrole nitrogens is 1. The molecule has 0 radical (unpaired) electrons. The van der Waals surface area contributed by atoms with Gasteiger partial charge in [0.1, 0.15) is 5.01 Å². The summed E-state index contributed by atoms with van der Waals surface area (Å²) >= 11 is 1.49. The van der Waals surface area contributed by atoms with Gasteiger partial charge in [-0.1, -0.05) is 59.4 Å². The Bertz CT molecular complexity index is 980. The summed E-state index contributed by atoms with van der Waals surface area (Å²) in [6, 6.07) is 16.4. The fourth-order valence-electron chi connectivity index (χ4n) is 2.41. The molecule has 112 valence electrons. The van der Waals surface area contributed by atoms with E-state index in [0.717, 1.165) is 27.0 Å². The first-order chi connectivity index (χ1) is 11.3. The zero-order valence-electron chi connectivity index (χ0n) is 12.5. The van der Waals surface area contributed by atoms with Gasteiger partial charge in [0.2, 0.25) is 5.13 Å². The average molecular weight is 318 g/mol. The van der Waals surface area contributed by atoms with E-state index in [-0.39, 0.29) is 0 Å². The lowest BCUT2D eigenvalue weighted by Gasteiger charge is -1.94. The number of aryl methyl sites for hydroxylation is 1. The summed E-state index contributed by atoms with van der Waals surface area (Å²) in [6.07, 6.45) is 3.79. The van der Waals surface area contributed by atoms with Gasteiger partial charge in [-0.15, -0.1) is 10.2 Å². The van der Waals surface area contributed by atoms with Crippen molar-refractivity contribution in [3.05, 3.63) is 65.9 Å². The van der Waals surface area contributed by atoms with Crippen LogP contribution in [0.15, 0.2) is 59.7 Å². The van der Waals surface area contributed by atoms with E-state index in [2.05, 4.69) is 57.4 Å². The van der Waals surface area contributed by atoms with E-state index < -0.39 is 0 Å². The van der Waals surface area contributed by atoms with Crippen molar-refractivity contribution in [2.75, 3.05) is 0 Å². The van der Waals surface area contributed by atoms with Gasteiger partial charge in [0.25, 0.3) is 0 Å². The molecule has 23 heavy (non-hydrogen) atoms. The van der Waals surface area contributed by atoms with Crippen LogP contribution in [-0.2, 0) is 0 Å². The Morgan fingerprint density at radius 2 is 1.87 bits per heavy atom.